The number of nitriles is 2. The third kappa shape index (κ3) is 2.64. The summed E-state index contributed by atoms with van der Waals surface area (Å²) in [5.41, 5.74) is 7.22. The molecule has 0 aliphatic rings. The van der Waals surface area contributed by atoms with Crippen LogP contribution in [-0.4, -0.2) is 9.55 Å². The number of pyridine rings is 1. The summed E-state index contributed by atoms with van der Waals surface area (Å²) in [6.07, 6.45) is 3.47. The Kier molecular flexibility index (Phi) is 4.05. The lowest BCUT2D eigenvalue weighted by molar-refractivity contribution is 1.15. The number of aryl methyl sites for hydroxylation is 1. The van der Waals surface area contributed by atoms with Crippen molar-refractivity contribution in [2.45, 2.75) is 6.92 Å². The molecule has 4 nitrogen and oxygen atoms in total. The molecule has 0 aliphatic carbocycles. The highest BCUT2D eigenvalue weighted by Crippen LogP contribution is 2.36. The van der Waals surface area contributed by atoms with E-state index in [1.54, 1.807) is 12.4 Å². The van der Waals surface area contributed by atoms with Gasteiger partial charge in [0.1, 0.15) is 0 Å². The maximum atomic E-state index is 9.72. The molecule has 5 rings (SSSR count). The summed E-state index contributed by atoms with van der Waals surface area (Å²) in [4.78, 5) is 4.10. The fourth-order valence-corrected chi connectivity index (χ4v) is 4.10. The molecule has 0 saturated heterocycles. The highest BCUT2D eigenvalue weighted by molar-refractivity contribution is 6.09. The number of aromatic nitrogens is 2. The number of hydrogen-bond donors (Lipinski definition) is 0. The van der Waals surface area contributed by atoms with Gasteiger partial charge in [-0.3, -0.25) is 4.98 Å². The van der Waals surface area contributed by atoms with E-state index in [9.17, 15) is 10.5 Å². The van der Waals surface area contributed by atoms with Crippen LogP contribution in [0.5, 0.6) is 0 Å². The molecular weight excluding hydrogens is 368 g/mol. The van der Waals surface area contributed by atoms with E-state index in [-0.39, 0.29) is 0 Å². The van der Waals surface area contributed by atoms with Crippen molar-refractivity contribution in [3.63, 3.8) is 0 Å². The second kappa shape index (κ2) is 6.88. The average molecular weight is 384 g/mol. The zero-order chi connectivity index (χ0) is 20.7. The van der Waals surface area contributed by atoms with E-state index in [1.165, 1.54) is 0 Å². The van der Waals surface area contributed by atoms with E-state index >= 15 is 0 Å². The molecule has 5 aromatic rings. The molecule has 3 aromatic carbocycles. The van der Waals surface area contributed by atoms with Crippen molar-refractivity contribution in [2.24, 2.45) is 0 Å². The molecule has 0 unspecified atom stereocenters. The SMILES string of the molecule is Cc1cc(C#N)c(-c2ccncc2)cc1-n1c2ccccc2c2cc(C#N)ccc21. The van der Waals surface area contributed by atoms with Gasteiger partial charge in [0.2, 0.25) is 0 Å². The van der Waals surface area contributed by atoms with Gasteiger partial charge in [0.25, 0.3) is 0 Å². The Hall–Kier alpha value is -4.41. The standard InChI is InChI=1S/C26H16N4/c1-17-12-20(16-28)22(19-8-10-29-11-9-19)14-26(17)30-24-5-3-2-4-21(24)23-13-18(15-27)6-7-25(23)30/h2-14H,1H3. The van der Waals surface area contributed by atoms with Crippen LogP contribution in [0.25, 0.3) is 38.6 Å². The molecule has 140 valence electrons. The van der Waals surface area contributed by atoms with Gasteiger partial charge in [-0.1, -0.05) is 18.2 Å². The van der Waals surface area contributed by atoms with Crippen LogP contribution in [0, 0.1) is 29.6 Å². The van der Waals surface area contributed by atoms with Gasteiger partial charge in [-0.05, 0) is 66.6 Å². The summed E-state index contributed by atoms with van der Waals surface area (Å²) in [5, 5.41) is 21.2. The molecule has 0 saturated carbocycles. The van der Waals surface area contributed by atoms with Crippen LogP contribution in [0.4, 0.5) is 0 Å². The van der Waals surface area contributed by atoms with Gasteiger partial charge >= 0.3 is 0 Å². The number of hydrogen-bond acceptors (Lipinski definition) is 3. The smallest absolute Gasteiger partial charge is 0.0998 e. The van der Waals surface area contributed by atoms with Crippen LogP contribution < -0.4 is 0 Å². The van der Waals surface area contributed by atoms with E-state index < -0.39 is 0 Å². The summed E-state index contributed by atoms with van der Waals surface area (Å²) >= 11 is 0. The van der Waals surface area contributed by atoms with Crippen molar-refractivity contribution in [1.29, 1.82) is 10.5 Å². The van der Waals surface area contributed by atoms with Crippen molar-refractivity contribution in [2.75, 3.05) is 0 Å². The molecule has 0 radical (unpaired) electrons. The minimum atomic E-state index is 0.634. The highest BCUT2D eigenvalue weighted by Gasteiger charge is 2.16. The summed E-state index contributed by atoms with van der Waals surface area (Å²) in [7, 11) is 0. The largest absolute Gasteiger partial charge is 0.309 e. The maximum absolute atomic E-state index is 9.72. The molecule has 2 heterocycles. The van der Waals surface area contributed by atoms with Crippen LogP contribution in [0.3, 0.4) is 0 Å². The topological polar surface area (TPSA) is 65.4 Å². The third-order valence-electron chi connectivity index (χ3n) is 5.49. The minimum absolute atomic E-state index is 0.634. The van der Waals surface area contributed by atoms with Crippen molar-refractivity contribution < 1.29 is 0 Å². The Morgan fingerprint density at radius 1 is 0.800 bits per heavy atom. The van der Waals surface area contributed by atoms with E-state index in [1.807, 2.05) is 55.5 Å². The summed E-state index contributed by atoms with van der Waals surface area (Å²) in [6.45, 7) is 2.02. The minimum Gasteiger partial charge on any atom is -0.309 e. The number of nitrogens with zero attached hydrogens (tertiary/aromatic N) is 4. The van der Waals surface area contributed by atoms with Gasteiger partial charge in [-0.2, -0.15) is 10.5 Å². The van der Waals surface area contributed by atoms with Gasteiger partial charge in [-0.25, -0.2) is 0 Å². The average Bonchev–Trinajstić information content (AvgIpc) is 3.13. The van der Waals surface area contributed by atoms with Crippen LogP contribution in [0.2, 0.25) is 0 Å². The van der Waals surface area contributed by atoms with E-state index in [4.69, 9.17) is 0 Å². The van der Waals surface area contributed by atoms with E-state index in [0.29, 0.717) is 11.1 Å². The monoisotopic (exact) mass is 384 g/mol. The molecule has 30 heavy (non-hydrogen) atoms. The number of rotatable bonds is 2. The van der Waals surface area contributed by atoms with E-state index in [0.717, 1.165) is 44.2 Å². The molecule has 0 N–H and O–H groups in total. The Morgan fingerprint density at radius 3 is 2.33 bits per heavy atom. The lowest BCUT2D eigenvalue weighted by atomic mass is 9.97. The fraction of sp³-hybridized carbons (Fsp3) is 0.0385. The zero-order valence-electron chi connectivity index (χ0n) is 16.3. The second-order valence-corrected chi connectivity index (χ2v) is 7.23. The van der Waals surface area contributed by atoms with Crippen molar-refractivity contribution >= 4 is 21.8 Å². The van der Waals surface area contributed by atoms with Crippen molar-refractivity contribution in [1.82, 2.24) is 9.55 Å². The number of fused-ring (bicyclic) bond motifs is 3. The molecule has 0 atom stereocenters. The van der Waals surface area contributed by atoms with E-state index in [2.05, 4.69) is 39.9 Å². The zero-order valence-corrected chi connectivity index (χ0v) is 16.3. The first-order valence-corrected chi connectivity index (χ1v) is 9.60. The van der Waals surface area contributed by atoms with Gasteiger partial charge in [-0.15, -0.1) is 0 Å². The van der Waals surface area contributed by atoms with Crippen molar-refractivity contribution in [3.05, 3.63) is 95.8 Å². The molecule has 0 aliphatic heterocycles. The Morgan fingerprint density at radius 2 is 1.57 bits per heavy atom. The van der Waals surface area contributed by atoms with Crippen LogP contribution in [-0.2, 0) is 0 Å². The van der Waals surface area contributed by atoms with Crippen LogP contribution >= 0.6 is 0 Å². The van der Waals surface area contributed by atoms with Crippen LogP contribution in [0.15, 0.2) is 79.1 Å². The Labute approximate surface area is 173 Å². The molecule has 4 heteroatoms. The first-order chi connectivity index (χ1) is 14.7. The van der Waals surface area contributed by atoms with Crippen LogP contribution in [0.1, 0.15) is 16.7 Å². The first-order valence-electron chi connectivity index (χ1n) is 9.60. The van der Waals surface area contributed by atoms with Gasteiger partial charge < -0.3 is 4.57 Å². The third-order valence-corrected chi connectivity index (χ3v) is 5.49. The summed E-state index contributed by atoms with van der Waals surface area (Å²) in [5.74, 6) is 0. The Bertz CT molecular complexity index is 1510. The highest BCUT2D eigenvalue weighted by atomic mass is 15.0. The van der Waals surface area contributed by atoms with Gasteiger partial charge in [0.05, 0.1) is 34.3 Å². The fourth-order valence-electron chi connectivity index (χ4n) is 4.10. The molecule has 2 aromatic heterocycles. The number of para-hydroxylation sites is 1. The molecule has 0 bridgehead atoms. The van der Waals surface area contributed by atoms with Gasteiger partial charge in [0, 0.05) is 34.4 Å². The van der Waals surface area contributed by atoms with Gasteiger partial charge in [0.15, 0.2) is 0 Å². The first kappa shape index (κ1) is 17.7. The quantitative estimate of drug-likeness (QED) is 0.381. The molecule has 0 fully saturated rings. The predicted octanol–water partition coefficient (Wildman–Crippen LogP) is 5.90. The molecule has 0 amide bonds. The summed E-state index contributed by atoms with van der Waals surface area (Å²) in [6, 6.07) is 26.4. The normalized spacial score (nSPS) is 10.8. The summed E-state index contributed by atoms with van der Waals surface area (Å²) < 4.78 is 2.22. The van der Waals surface area contributed by atoms with Crippen molar-refractivity contribution in [3.8, 4) is 29.0 Å². The maximum Gasteiger partial charge on any atom is 0.0998 e. The molecular formula is C26H16N4. The molecule has 0 spiro atoms. The Balaban J connectivity index is 1.89. The predicted molar refractivity (Wildman–Crippen MR) is 118 cm³/mol. The second-order valence-electron chi connectivity index (χ2n) is 7.23. The lowest BCUT2D eigenvalue weighted by Crippen LogP contribution is -1.99. The number of benzene rings is 3. The lowest BCUT2D eigenvalue weighted by Gasteiger charge is -2.15.